The second kappa shape index (κ2) is 15.1. The van der Waals surface area contributed by atoms with Crippen LogP contribution in [0.15, 0.2) is 244 Å². The molecule has 0 fully saturated rings. The molecule has 0 bridgehead atoms. The molecule has 0 saturated carbocycles. The summed E-state index contributed by atoms with van der Waals surface area (Å²) in [6.45, 7) is 0. The molecule has 0 amide bonds. The number of hydrogen-bond acceptors (Lipinski definition) is 6. The Bertz CT molecular complexity index is 4580. The highest BCUT2D eigenvalue weighted by atomic mass is 32.1. The Balaban J connectivity index is 0.823. The first kappa shape index (κ1) is 39.5. The van der Waals surface area contributed by atoms with Crippen LogP contribution in [0.3, 0.4) is 0 Å². The molecule has 16 aromatic rings. The van der Waals surface area contributed by atoms with Gasteiger partial charge in [-0.15, -0.1) is 11.3 Å². The van der Waals surface area contributed by atoms with E-state index in [1.54, 1.807) is 0 Å². The number of anilines is 6. The van der Waals surface area contributed by atoms with Gasteiger partial charge in [-0.05, 0) is 148 Å². The Morgan fingerprint density at radius 3 is 1.28 bits per heavy atom. The molecule has 72 heavy (non-hydrogen) atoms. The largest absolute Gasteiger partial charge is 0.456 e. The normalized spacial score (nSPS) is 12.2. The lowest BCUT2D eigenvalue weighted by Gasteiger charge is -2.25. The molecule has 0 atom stereocenters. The zero-order valence-electron chi connectivity index (χ0n) is 38.5. The van der Waals surface area contributed by atoms with Gasteiger partial charge in [-0.1, -0.05) is 109 Å². The fourth-order valence-electron chi connectivity index (χ4n) is 11.6. The van der Waals surface area contributed by atoms with Crippen molar-refractivity contribution in [3.63, 3.8) is 0 Å². The minimum absolute atomic E-state index is 0.840. The van der Waals surface area contributed by atoms with Crippen LogP contribution in [-0.2, 0) is 0 Å². The van der Waals surface area contributed by atoms with Crippen molar-refractivity contribution < 1.29 is 13.3 Å². The van der Waals surface area contributed by atoms with Gasteiger partial charge in [-0.25, -0.2) is 0 Å². The van der Waals surface area contributed by atoms with Crippen molar-refractivity contribution in [1.29, 1.82) is 0 Å². The maximum Gasteiger partial charge on any atom is 0.137 e. The van der Waals surface area contributed by atoms with Crippen LogP contribution in [0.4, 0.5) is 34.1 Å². The summed E-state index contributed by atoms with van der Waals surface area (Å²) in [4.78, 5) is 4.67. The second-order valence-electron chi connectivity index (χ2n) is 18.8. The molecule has 0 aliphatic carbocycles. The molecule has 0 unspecified atom stereocenters. The average Bonchev–Trinajstić information content (AvgIpc) is 4.21. The minimum atomic E-state index is 0.840. The van der Waals surface area contributed by atoms with E-state index in [1.807, 2.05) is 11.3 Å². The number of nitrogens with zero attached hydrogens (tertiary/aromatic N) is 2. The number of para-hydroxylation sites is 2. The highest BCUT2D eigenvalue weighted by Gasteiger charge is 2.22. The van der Waals surface area contributed by atoms with Gasteiger partial charge in [0, 0.05) is 92.7 Å². The van der Waals surface area contributed by atoms with Gasteiger partial charge in [0.05, 0.1) is 0 Å². The summed E-state index contributed by atoms with van der Waals surface area (Å²) in [5, 5.41) is 16.3. The molecule has 12 aromatic carbocycles. The molecule has 0 aliphatic heterocycles. The number of fused-ring (bicyclic) bond motifs is 19. The van der Waals surface area contributed by atoms with Crippen molar-refractivity contribution in [2.45, 2.75) is 0 Å². The zero-order chi connectivity index (χ0) is 47.0. The number of hydrogen-bond donors (Lipinski definition) is 0. The lowest BCUT2D eigenvalue weighted by Crippen LogP contribution is -2.09. The summed E-state index contributed by atoms with van der Waals surface area (Å²) >= 11 is 1.84. The van der Waals surface area contributed by atoms with Crippen molar-refractivity contribution in [2.24, 2.45) is 0 Å². The summed E-state index contributed by atoms with van der Waals surface area (Å²) in [7, 11) is 0. The summed E-state index contributed by atoms with van der Waals surface area (Å²) in [5.41, 5.74) is 11.6. The summed E-state index contributed by atoms with van der Waals surface area (Å²) in [6, 6.07) is 82.4. The number of benzene rings is 12. The van der Waals surface area contributed by atoms with Gasteiger partial charge in [0.25, 0.3) is 0 Å². The average molecular weight is 939 g/mol. The molecule has 336 valence electrons. The van der Waals surface area contributed by atoms with E-state index in [0.717, 1.165) is 99.9 Å². The van der Waals surface area contributed by atoms with Crippen LogP contribution in [0.5, 0.6) is 0 Å². The van der Waals surface area contributed by atoms with Gasteiger partial charge in [-0.2, -0.15) is 0 Å². The summed E-state index contributed by atoms with van der Waals surface area (Å²) in [6.07, 6.45) is 0. The standard InChI is InChI=1S/C66H38N2O3S/c1-3-13-41(14-4-1)67(43-23-31-55-53(35-43)63-47-17-9-7-11-39(47)19-29-57(63)69-55)45-21-25-51-60(37-45)71-59-33-27-50-49(65(51)59)28-34-61-66(50)52-26-22-46(38-62(52)72-61)68(42-15-5-2-6-16-42)44-24-32-56-54(36-44)64-48-18-10-8-12-40(48)20-30-58(64)70-56/h1-38H. The molecule has 4 heterocycles. The molecule has 0 radical (unpaired) electrons. The van der Waals surface area contributed by atoms with Gasteiger partial charge in [0.1, 0.15) is 33.5 Å². The minimum Gasteiger partial charge on any atom is -0.456 e. The fraction of sp³-hybridized carbons (Fsp3) is 0. The van der Waals surface area contributed by atoms with E-state index >= 15 is 0 Å². The van der Waals surface area contributed by atoms with Crippen molar-refractivity contribution in [2.75, 3.05) is 9.80 Å². The van der Waals surface area contributed by atoms with Crippen molar-refractivity contribution in [1.82, 2.24) is 0 Å². The van der Waals surface area contributed by atoms with Crippen molar-refractivity contribution in [3.05, 3.63) is 231 Å². The van der Waals surface area contributed by atoms with E-state index < -0.39 is 0 Å². The van der Waals surface area contributed by atoms with E-state index in [2.05, 4.69) is 240 Å². The third-order valence-corrected chi connectivity index (χ3v) is 15.9. The number of rotatable bonds is 6. The van der Waals surface area contributed by atoms with Crippen LogP contribution < -0.4 is 9.80 Å². The predicted octanol–water partition coefficient (Wildman–Crippen LogP) is 20.2. The maximum absolute atomic E-state index is 6.81. The zero-order valence-corrected chi connectivity index (χ0v) is 39.3. The highest BCUT2D eigenvalue weighted by molar-refractivity contribution is 7.26. The van der Waals surface area contributed by atoms with Crippen LogP contribution >= 0.6 is 11.3 Å². The van der Waals surface area contributed by atoms with Crippen molar-refractivity contribution in [3.8, 4) is 0 Å². The highest BCUT2D eigenvalue weighted by Crippen LogP contribution is 2.48. The molecule has 0 spiro atoms. The second-order valence-corrected chi connectivity index (χ2v) is 19.8. The third kappa shape index (κ3) is 5.81. The molecule has 4 aromatic heterocycles. The lowest BCUT2D eigenvalue weighted by molar-refractivity contribution is 0.668. The maximum atomic E-state index is 6.81. The van der Waals surface area contributed by atoms with Crippen LogP contribution in [-0.4, -0.2) is 0 Å². The van der Waals surface area contributed by atoms with E-state index in [9.17, 15) is 0 Å². The summed E-state index contributed by atoms with van der Waals surface area (Å²) in [5.74, 6) is 0. The Labute approximate surface area is 415 Å². The number of thiophene rings is 1. The SMILES string of the molecule is c1ccc(N(c2ccc3c(c2)oc2ccc4c(ccc5sc6cc(N(c7ccccc7)c7ccc8oc9ccc%10ccccc%10c9c8c7)ccc6c54)c23)c2ccc3oc4ccc5ccccc5c4c3c2)cc1. The quantitative estimate of drug-likeness (QED) is 0.166. The van der Waals surface area contributed by atoms with Crippen molar-refractivity contribution >= 4 is 164 Å². The van der Waals surface area contributed by atoms with E-state index in [4.69, 9.17) is 13.3 Å². The first-order valence-electron chi connectivity index (χ1n) is 24.3. The monoisotopic (exact) mass is 938 g/mol. The van der Waals surface area contributed by atoms with E-state index in [0.29, 0.717) is 0 Å². The van der Waals surface area contributed by atoms with Crippen LogP contribution in [0.2, 0.25) is 0 Å². The van der Waals surface area contributed by atoms with E-state index in [1.165, 1.54) is 52.5 Å². The first-order valence-corrected chi connectivity index (χ1v) is 25.1. The lowest BCUT2D eigenvalue weighted by atomic mass is 9.99. The molecule has 0 saturated heterocycles. The topological polar surface area (TPSA) is 45.9 Å². The summed E-state index contributed by atoms with van der Waals surface area (Å²) < 4.78 is 22.1. The molecule has 16 rings (SSSR count). The molecule has 0 aliphatic rings. The van der Waals surface area contributed by atoms with Gasteiger partial charge < -0.3 is 23.1 Å². The Kier molecular flexibility index (Phi) is 8.26. The van der Waals surface area contributed by atoms with Crippen LogP contribution in [0.25, 0.3) is 118 Å². The van der Waals surface area contributed by atoms with Gasteiger partial charge in [0.15, 0.2) is 0 Å². The molecular formula is C66H38N2O3S. The molecule has 5 nitrogen and oxygen atoms in total. The third-order valence-electron chi connectivity index (χ3n) is 14.8. The fourth-order valence-corrected chi connectivity index (χ4v) is 12.8. The van der Waals surface area contributed by atoms with Gasteiger partial charge in [-0.3, -0.25) is 0 Å². The van der Waals surface area contributed by atoms with Gasteiger partial charge >= 0.3 is 0 Å². The number of furan rings is 3. The Morgan fingerprint density at radius 2 is 0.667 bits per heavy atom. The van der Waals surface area contributed by atoms with Crippen LogP contribution in [0.1, 0.15) is 0 Å². The van der Waals surface area contributed by atoms with E-state index in [-0.39, 0.29) is 0 Å². The van der Waals surface area contributed by atoms with Crippen LogP contribution in [0, 0.1) is 0 Å². The molecule has 0 N–H and O–H groups in total. The Hall–Kier alpha value is -9.36. The van der Waals surface area contributed by atoms with Gasteiger partial charge in [0.2, 0.25) is 0 Å². The Morgan fingerprint density at radius 1 is 0.236 bits per heavy atom. The predicted molar refractivity (Wildman–Crippen MR) is 303 cm³/mol. The molecule has 6 heteroatoms. The molecular weight excluding hydrogens is 901 g/mol. The smallest absolute Gasteiger partial charge is 0.137 e. The first-order chi connectivity index (χ1) is 35.7.